The minimum atomic E-state index is -0.286. The third kappa shape index (κ3) is 3.98. The highest BCUT2D eigenvalue weighted by Gasteiger charge is 2.28. The molecular formula is C17H26ClN5O2. The van der Waals surface area contributed by atoms with Crippen LogP contribution in [0.25, 0.3) is 0 Å². The molecule has 0 spiro atoms. The fraction of sp³-hybridized carbons (Fsp3) is 0.706. The molecule has 0 radical (unpaired) electrons. The number of amides is 1. The third-order valence-electron chi connectivity index (χ3n) is 5.34. The molecule has 2 fully saturated rings. The zero-order chi connectivity index (χ0) is 18.0. The third-order valence-corrected chi connectivity index (χ3v) is 5.70. The normalized spacial score (nSPS) is 20.7. The number of aromatic nitrogens is 2. The van der Waals surface area contributed by atoms with Crippen molar-refractivity contribution in [3.05, 3.63) is 21.6 Å². The number of rotatable bonds is 4. The second-order valence-electron chi connectivity index (χ2n) is 6.96. The molecule has 1 aliphatic carbocycles. The maximum Gasteiger partial charge on any atom is 0.287 e. The molecule has 2 heterocycles. The Hall–Kier alpha value is -1.60. The number of carbonyl (C=O) groups is 1. The SMILES string of the molecule is CC(C(=O)NC1CCCC1)N1CCN(c2cnn(C)c(=O)c2Cl)CC1. The summed E-state index contributed by atoms with van der Waals surface area (Å²) in [6.45, 7) is 4.91. The topological polar surface area (TPSA) is 70.5 Å². The number of nitrogens with zero attached hydrogens (tertiary/aromatic N) is 4. The number of piperazine rings is 1. The molecule has 25 heavy (non-hydrogen) atoms. The summed E-state index contributed by atoms with van der Waals surface area (Å²) in [5.74, 6) is 0.119. The van der Waals surface area contributed by atoms with Gasteiger partial charge >= 0.3 is 0 Å². The van der Waals surface area contributed by atoms with Gasteiger partial charge in [0.2, 0.25) is 5.91 Å². The monoisotopic (exact) mass is 367 g/mol. The minimum absolute atomic E-state index is 0.119. The molecule has 1 N–H and O–H groups in total. The van der Waals surface area contributed by atoms with Gasteiger partial charge in [-0.15, -0.1) is 0 Å². The fourth-order valence-corrected chi connectivity index (χ4v) is 3.92. The van der Waals surface area contributed by atoms with Gasteiger partial charge in [0.15, 0.2) is 0 Å². The van der Waals surface area contributed by atoms with Crippen LogP contribution in [0.2, 0.25) is 5.02 Å². The van der Waals surface area contributed by atoms with Gasteiger partial charge in [-0.3, -0.25) is 14.5 Å². The predicted molar refractivity (Wildman–Crippen MR) is 98.1 cm³/mol. The number of carbonyl (C=O) groups excluding carboxylic acids is 1. The number of aryl methyl sites for hydroxylation is 1. The first kappa shape index (κ1) is 18.2. The highest BCUT2D eigenvalue weighted by atomic mass is 35.5. The standard InChI is InChI=1S/C17H26ClN5O2/c1-12(16(24)20-13-5-3-4-6-13)22-7-9-23(10-8-22)14-11-19-21(2)17(25)15(14)18/h11-13H,3-10H2,1-2H3,(H,20,24). The van der Waals surface area contributed by atoms with E-state index in [2.05, 4.69) is 20.2 Å². The number of nitrogens with one attached hydrogen (secondary N) is 1. The molecule has 7 nitrogen and oxygen atoms in total. The first-order valence-corrected chi connectivity index (χ1v) is 9.36. The maximum atomic E-state index is 12.4. The number of hydrogen-bond donors (Lipinski definition) is 1. The fourth-order valence-electron chi connectivity index (χ4n) is 3.63. The van der Waals surface area contributed by atoms with Crippen molar-refractivity contribution >= 4 is 23.2 Å². The lowest BCUT2D eigenvalue weighted by molar-refractivity contribution is -0.126. The van der Waals surface area contributed by atoms with Crippen LogP contribution in [0.15, 0.2) is 11.0 Å². The van der Waals surface area contributed by atoms with Crippen molar-refractivity contribution in [2.75, 3.05) is 31.1 Å². The summed E-state index contributed by atoms with van der Waals surface area (Å²) in [6, 6.07) is 0.210. The summed E-state index contributed by atoms with van der Waals surface area (Å²) < 4.78 is 1.23. The molecule has 1 aliphatic heterocycles. The summed E-state index contributed by atoms with van der Waals surface area (Å²) in [5.41, 5.74) is 0.387. The van der Waals surface area contributed by atoms with Crippen LogP contribution in [-0.2, 0) is 11.8 Å². The van der Waals surface area contributed by atoms with E-state index >= 15 is 0 Å². The molecule has 1 saturated heterocycles. The minimum Gasteiger partial charge on any atom is -0.366 e. The van der Waals surface area contributed by atoms with Crippen LogP contribution >= 0.6 is 11.6 Å². The molecule has 1 saturated carbocycles. The van der Waals surface area contributed by atoms with Gasteiger partial charge in [0.1, 0.15) is 5.02 Å². The summed E-state index contributed by atoms with van der Waals surface area (Å²) in [7, 11) is 1.58. The number of anilines is 1. The smallest absolute Gasteiger partial charge is 0.287 e. The van der Waals surface area contributed by atoms with Crippen LogP contribution in [0.1, 0.15) is 32.6 Å². The zero-order valence-electron chi connectivity index (χ0n) is 14.9. The lowest BCUT2D eigenvalue weighted by Crippen LogP contribution is -2.55. The van der Waals surface area contributed by atoms with E-state index in [1.165, 1.54) is 17.5 Å². The summed E-state index contributed by atoms with van der Waals surface area (Å²) in [5, 5.41) is 7.43. The van der Waals surface area contributed by atoms with E-state index in [9.17, 15) is 9.59 Å². The highest BCUT2D eigenvalue weighted by Crippen LogP contribution is 2.23. The van der Waals surface area contributed by atoms with E-state index in [1.807, 2.05) is 6.92 Å². The van der Waals surface area contributed by atoms with E-state index in [4.69, 9.17) is 11.6 Å². The van der Waals surface area contributed by atoms with Crippen LogP contribution < -0.4 is 15.8 Å². The molecule has 2 aliphatic rings. The van der Waals surface area contributed by atoms with Gasteiger partial charge in [-0.05, 0) is 19.8 Å². The lowest BCUT2D eigenvalue weighted by Gasteiger charge is -2.38. The summed E-state index contributed by atoms with van der Waals surface area (Å²) in [6.07, 6.45) is 6.25. The van der Waals surface area contributed by atoms with Crippen LogP contribution in [0.3, 0.4) is 0 Å². The van der Waals surface area contributed by atoms with Crippen LogP contribution in [0.4, 0.5) is 5.69 Å². The van der Waals surface area contributed by atoms with Gasteiger partial charge in [-0.2, -0.15) is 5.10 Å². The van der Waals surface area contributed by atoms with Gasteiger partial charge < -0.3 is 10.2 Å². The Balaban J connectivity index is 1.57. The Kier molecular flexibility index (Phi) is 5.64. The first-order chi connectivity index (χ1) is 12.0. The zero-order valence-corrected chi connectivity index (χ0v) is 15.6. The predicted octanol–water partition coefficient (Wildman–Crippen LogP) is 1.00. The second kappa shape index (κ2) is 7.74. The average molecular weight is 368 g/mol. The average Bonchev–Trinajstić information content (AvgIpc) is 3.12. The molecule has 1 unspecified atom stereocenters. The molecule has 3 rings (SSSR count). The molecule has 8 heteroatoms. The van der Waals surface area contributed by atoms with Crippen molar-refractivity contribution < 1.29 is 4.79 Å². The first-order valence-electron chi connectivity index (χ1n) is 8.98. The quantitative estimate of drug-likeness (QED) is 0.859. The highest BCUT2D eigenvalue weighted by molar-refractivity contribution is 6.33. The van der Waals surface area contributed by atoms with E-state index in [-0.39, 0.29) is 22.5 Å². The van der Waals surface area contributed by atoms with Gasteiger partial charge in [-0.25, -0.2) is 4.68 Å². The molecule has 0 bridgehead atoms. The Bertz CT molecular complexity index is 678. The van der Waals surface area contributed by atoms with Crippen LogP contribution in [-0.4, -0.2) is 58.9 Å². The second-order valence-corrected chi connectivity index (χ2v) is 7.34. The Morgan fingerprint density at radius 3 is 2.56 bits per heavy atom. The van der Waals surface area contributed by atoms with Crippen LogP contribution in [0.5, 0.6) is 0 Å². The Morgan fingerprint density at radius 1 is 1.28 bits per heavy atom. The van der Waals surface area contributed by atoms with E-state index in [0.29, 0.717) is 11.7 Å². The molecule has 0 aromatic carbocycles. The van der Waals surface area contributed by atoms with Crippen molar-refractivity contribution in [2.24, 2.45) is 7.05 Å². The number of halogens is 1. The Labute approximate surface area is 152 Å². The number of hydrogen-bond acceptors (Lipinski definition) is 5. The molecule has 138 valence electrons. The van der Waals surface area contributed by atoms with E-state index in [0.717, 1.165) is 39.0 Å². The molecule has 1 atom stereocenters. The molecular weight excluding hydrogens is 342 g/mol. The van der Waals surface area contributed by atoms with Crippen molar-refractivity contribution in [3.8, 4) is 0 Å². The summed E-state index contributed by atoms with van der Waals surface area (Å²) in [4.78, 5) is 28.6. The van der Waals surface area contributed by atoms with E-state index in [1.54, 1.807) is 13.2 Å². The van der Waals surface area contributed by atoms with Gasteiger partial charge in [0.05, 0.1) is 17.9 Å². The molecule has 1 aromatic rings. The van der Waals surface area contributed by atoms with Crippen molar-refractivity contribution in [1.29, 1.82) is 0 Å². The van der Waals surface area contributed by atoms with E-state index < -0.39 is 0 Å². The van der Waals surface area contributed by atoms with Gasteiger partial charge in [0.25, 0.3) is 5.56 Å². The maximum absolute atomic E-state index is 12.4. The lowest BCUT2D eigenvalue weighted by atomic mass is 10.2. The molecule has 1 aromatic heterocycles. The molecule has 1 amide bonds. The Morgan fingerprint density at radius 2 is 1.92 bits per heavy atom. The van der Waals surface area contributed by atoms with Crippen molar-refractivity contribution in [2.45, 2.75) is 44.7 Å². The van der Waals surface area contributed by atoms with Gasteiger partial charge in [0, 0.05) is 39.3 Å². The van der Waals surface area contributed by atoms with Gasteiger partial charge in [-0.1, -0.05) is 24.4 Å². The van der Waals surface area contributed by atoms with Crippen molar-refractivity contribution in [1.82, 2.24) is 20.0 Å². The van der Waals surface area contributed by atoms with Crippen molar-refractivity contribution in [3.63, 3.8) is 0 Å². The largest absolute Gasteiger partial charge is 0.366 e. The summed E-state index contributed by atoms with van der Waals surface area (Å²) >= 11 is 6.18. The van der Waals surface area contributed by atoms with Crippen LogP contribution in [0, 0.1) is 0 Å².